The van der Waals surface area contributed by atoms with E-state index in [0.29, 0.717) is 5.56 Å². The average molecular weight is 459 g/mol. The standard InChI is InChI=1S/C23H23FN2O3S2/c1-17(2)30(27)26-16-20-4-3-15-25-23(20)31(28,29)22-13-9-19(10-14-22)6-5-18-7-11-21(24)12-8-18/h3-15,17,26H,16H2,1-2H3/b6-5+. The minimum atomic E-state index is -3.84. The Labute approximate surface area is 184 Å². The van der Waals surface area contributed by atoms with E-state index in [0.717, 1.165) is 11.1 Å². The summed E-state index contributed by atoms with van der Waals surface area (Å²) in [7, 11) is -5.12. The van der Waals surface area contributed by atoms with Gasteiger partial charge in [0, 0.05) is 23.6 Å². The number of hydrogen-bond acceptors (Lipinski definition) is 4. The summed E-state index contributed by atoms with van der Waals surface area (Å²) in [6, 6.07) is 15.8. The van der Waals surface area contributed by atoms with Crippen molar-refractivity contribution in [1.29, 1.82) is 0 Å². The van der Waals surface area contributed by atoms with Crippen molar-refractivity contribution in [2.75, 3.05) is 0 Å². The van der Waals surface area contributed by atoms with Gasteiger partial charge in [-0.1, -0.05) is 42.5 Å². The van der Waals surface area contributed by atoms with Crippen LogP contribution in [0.15, 0.2) is 76.8 Å². The molecule has 1 heterocycles. The molecule has 0 aliphatic rings. The number of halogens is 1. The average Bonchev–Trinajstić information content (AvgIpc) is 2.77. The van der Waals surface area contributed by atoms with Gasteiger partial charge in [0.2, 0.25) is 9.84 Å². The molecule has 162 valence electrons. The van der Waals surface area contributed by atoms with Gasteiger partial charge in [-0.05, 0) is 55.3 Å². The van der Waals surface area contributed by atoms with E-state index in [1.165, 1.54) is 30.5 Å². The molecule has 2 aromatic carbocycles. The Morgan fingerprint density at radius 1 is 1.00 bits per heavy atom. The highest BCUT2D eigenvalue weighted by Gasteiger charge is 2.23. The van der Waals surface area contributed by atoms with E-state index >= 15 is 0 Å². The molecular weight excluding hydrogens is 435 g/mol. The summed E-state index contributed by atoms with van der Waals surface area (Å²) in [6.07, 6.45) is 5.07. The fourth-order valence-corrected chi connectivity index (χ4v) is 4.79. The van der Waals surface area contributed by atoms with Crippen LogP contribution in [0.1, 0.15) is 30.5 Å². The number of pyridine rings is 1. The summed E-state index contributed by atoms with van der Waals surface area (Å²) in [4.78, 5) is 4.21. The summed E-state index contributed by atoms with van der Waals surface area (Å²) < 4.78 is 54.1. The molecule has 0 aliphatic heterocycles. The van der Waals surface area contributed by atoms with Crippen molar-refractivity contribution >= 4 is 33.0 Å². The van der Waals surface area contributed by atoms with Crippen LogP contribution < -0.4 is 4.72 Å². The number of nitrogens with one attached hydrogen (secondary N) is 1. The topological polar surface area (TPSA) is 76.1 Å². The molecular formula is C23H23FN2O3S2. The van der Waals surface area contributed by atoms with Crippen LogP contribution in [0.4, 0.5) is 4.39 Å². The third-order valence-electron chi connectivity index (χ3n) is 4.47. The van der Waals surface area contributed by atoms with Crippen LogP contribution in [-0.2, 0) is 27.4 Å². The lowest BCUT2D eigenvalue weighted by molar-refractivity contribution is 0.590. The molecule has 1 unspecified atom stereocenters. The number of benzene rings is 2. The zero-order valence-electron chi connectivity index (χ0n) is 17.2. The molecule has 3 rings (SSSR count). The van der Waals surface area contributed by atoms with Gasteiger partial charge in [0.25, 0.3) is 0 Å². The first kappa shape index (κ1) is 23.0. The number of nitrogens with zero attached hydrogens (tertiary/aromatic N) is 1. The SMILES string of the molecule is CC(C)S(=O)NCc1cccnc1S(=O)(=O)c1ccc(/C=C/c2ccc(F)cc2)cc1. The first-order valence-corrected chi connectivity index (χ1v) is 12.3. The van der Waals surface area contributed by atoms with Gasteiger partial charge >= 0.3 is 0 Å². The zero-order valence-corrected chi connectivity index (χ0v) is 18.8. The van der Waals surface area contributed by atoms with E-state index in [9.17, 15) is 17.0 Å². The summed E-state index contributed by atoms with van der Waals surface area (Å²) in [5.41, 5.74) is 2.10. The molecule has 5 nitrogen and oxygen atoms in total. The van der Waals surface area contributed by atoms with Gasteiger partial charge in [0.05, 0.1) is 15.9 Å². The third-order valence-corrected chi connectivity index (χ3v) is 7.52. The predicted octanol–water partition coefficient (Wildman–Crippen LogP) is 4.39. The number of hydrogen-bond donors (Lipinski definition) is 1. The van der Waals surface area contributed by atoms with Crippen molar-refractivity contribution < 1.29 is 17.0 Å². The van der Waals surface area contributed by atoms with Crippen LogP contribution in [-0.4, -0.2) is 22.9 Å². The van der Waals surface area contributed by atoms with Crippen LogP contribution in [0.2, 0.25) is 0 Å². The maximum atomic E-state index is 13.1. The monoisotopic (exact) mass is 458 g/mol. The van der Waals surface area contributed by atoms with Gasteiger partial charge in [0.1, 0.15) is 5.82 Å². The number of rotatable bonds is 8. The van der Waals surface area contributed by atoms with Crippen LogP contribution >= 0.6 is 0 Å². The van der Waals surface area contributed by atoms with E-state index in [2.05, 4.69) is 9.71 Å². The zero-order chi connectivity index (χ0) is 22.4. The first-order valence-electron chi connectivity index (χ1n) is 9.64. The van der Waals surface area contributed by atoms with Crippen LogP contribution in [0.3, 0.4) is 0 Å². The lowest BCUT2D eigenvalue weighted by atomic mass is 10.1. The second-order valence-corrected chi connectivity index (χ2v) is 10.8. The molecule has 1 N–H and O–H groups in total. The number of aromatic nitrogens is 1. The van der Waals surface area contributed by atoms with Gasteiger partial charge in [0.15, 0.2) is 5.03 Å². The van der Waals surface area contributed by atoms with Crippen molar-refractivity contribution in [1.82, 2.24) is 9.71 Å². The Balaban J connectivity index is 1.81. The normalized spacial score (nSPS) is 13.0. The molecule has 0 spiro atoms. The summed E-state index contributed by atoms with van der Waals surface area (Å²) in [5, 5.41) is -0.148. The van der Waals surface area contributed by atoms with E-state index in [1.54, 1.807) is 36.4 Å². The lowest BCUT2D eigenvalue weighted by Crippen LogP contribution is -2.24. The van der Waals surface area contributed by atoms with Crippen molar-refractivity contribution in [2.45, 2.75) is 35.6 Å². The molecule has 0 saturated heterocycles. The molecule has 1 atom stereocenters. The van der Waals surface area contributed by atoms with E-state index in [1.807, 2.05) is 26.0 Å². The van der Waals surface area contributed by atoms with E-state index in [4.69, 9.17) is 0 Å². The first-order chi connectivity index (χ1) is 14.8. The Bertz CT molecular complexity index is 1190. The fourth-order valence-electron chi connectivity index (χ4n) is 2.75. The predicted molar refractivity (Wildman–Crippen MR) is 122 cm³/mol. The smallest absolute Gasteiger partial charge is 0.224 e. The van der Waals surface area contributed by atoms with Crippen molar-refractivity contribution in [3.8, 4) is 0 Å². The molecule has 0 amide bonds. The summed E-state index contributed by atoms with van der Waals surface area (Å²) in [5.74, 6) is -0.300. The highest BCUT2D eigenvalue weighted by molar-refractivity contribution is 7.91. The molecule has 0 bridgehead atoms. The largest absolute Gasteiger partial charge is 0.244 e. The van der Waals surface area contributed by atoms with Crippen LogP contribution in [0.25, 0.3) is 12.2 Å². The van der Waals surface area contributed by atoms with Gasteiger partial charge in [-0.3, -0.25) is 0 Å². The third kappa shape index (κ3) is 5.94. The highest BCUT2D eigenvalue weighted by Crippen LogP contribution is 2.23. The number of sulfone groups is 1. The summed E-state index contributed by atoms with van der Waals surface area (Å²) in [6.45, 7) is 3.76. The second-order valence-electron chi connectivity index (χ2n) is 7.09. The van der Waals surface area contributed by atoms with Crippen LogP contribution in [0.5, 0.6) is 0 Å². The minimum absolute atomic E-state index is 0.0575. The molecule has 31 heavy (non-hydrogen) atoms. The lowest BCUT2D eigenvalue weighted by Gasteiger charge is -2.11. The van der Waals surface area contributed by atoms with Crippen LogP contribution in [0, 0.1) is 5.82 Å². The molecule has 0 fully saturated rings. The second kappa shape index (κ2) is 10.1. The van der Waals surface area contributed by atoms with Gasteiger partial charge in [-0.25, -0.2) is 26.7 Å². The minimum Gasteiger partial charge on any atom is -0.244 e. The fraction of sp³-hybridized carbons (Fsp3) is 0.174. The molecule has 0 radical (unpaired) electrons. The quantitative estimate of drug-likeness (QED) is 0.508. The summed E-state index contributed by atoms with van der Waals surface area (Å²) >= 11 is 0. The van der Waals surface area contributed by atoms with Gasteiger partial charge in [-0.2, -0.15) is 0 Å². The van der Waals surface area contributed by atoms with E-state index < -0.39 is 20.8 Å². The molecule has 0 saturated carbocycles. The molecule has 3 aromatic rings. The Morgan fingerprint density at radius 3 is 2.16 bits per heavy atom. The van der Waals surface area contributed by atoms with Gasteiger partial charge in [-0.15, -0.1) is 0 Å². The highest BCUT2D eigenvalue weighted by atomic mass is 32.2. The van der Waals surface area contributed by atoms with Crippen molar-refractivity contribution in [3.05, 3.63) is 89.4 Å². The Kier molecular flexibility index (Phi) is 7.48. The van der Waals surface area contributed by atoms with E-state index in [-0.39, 0.29) is 27.5 Å². The van der Waals surface area contributed by atoms with Crippen molar-refractivity contribution in [3.63, 3.8) is 0 Å². The maximum absolute atomic E-state index is 13.1. The Morgan fingerprint density at radius 2 is 1.58 bits per heavy atom. The molecule has 1 aromatic heterocycles. The maximum Gasteiger partial charge on any atom is 0.224 e. The van der Waals surface area contributed by atoms with Crippen molar-refractivity contribution in [2.24, 2.45) is 0 Å². The van der Waals surface area contributed by atoms with Gasteiger partial charge < -0.3 is 0 Å². The Hall–Kier alpha value is -2.68. The molecule has 8 heteroatoms. The molecule has 0 aliphatic carbocycles.